The van der Waals surface area contributed by atoms with Crippen LogP contribution in [-0.4, -0.2) is 7.11 Å². The number of unbranched alkanes of at least 4 members (excludes halogenated alkanes) is 2. The molecule has 0 aliphatic rings. The van der Waals surface area contributed by atoms with Gasteiger partial charge >= 0.3 is 0 Å². The lowest BCUT2D eigenvalue weighted by Crippen LogP contribution is -1.86. The van der Waals surface area contributed by atoms with Gasteiger partial charge in [-0.1, -0.05) is 56.2 Å². The Bertz CT molecular complexity index is 482. The van der Waals surface area contributed by atoms with Crippen LogP contribution in [0.5, 0.6) is 5.75 Å². The van der Waals surface area contributed by atoms with Crippen LogP contribution < -0.4 is 4.74 Å². The number of hydrogen-bond acceptors (Lipinski definition) is 1. The minimum atomic E-state index is 0.903. The molecule has 2 aromatic rings. The van der Waals surface area contributed by atoms with Gasteiger partial charge in [-0.3, -0.25) is 0 Å². The molecule has 0 bridgehead atoms. The maximum Gasteiger partial charge on any atom is 0.118 e. The Kier molecular flexibility index (Phi) is 5.02. The third-order valence-electron chi connectivity index (χ3n) is 3.45. The molecule has 0 N–H and O–H groups in total. The van der Waals surface area contributed by atoms with Crippen molar-refractivity contribution in [3.8, 4) is 16.9 Å². The largest absolute Gasteiger partial charge is 0.497 e. The van der Waals surface area contributed by atoms with Crippen molar-refractivity contribution < 1.29 is 4.74 Å². The van der Waals surface area contributed by atoms with Gasteiger partial charge in [0.15, 0.2) is 0 Å². The minimum absolute atomic E-state index is 0.903. The normalized spacial score (nSPS) is 10.4. The summed E-state index contributed by atoms with van der Waals surface area (Å²) in [4.78, 5) is 0. The summed E-state index contributed by atoms with van der Waals surface area (Å²) in [6, 6.07) is 17.1. The van der Waals surface area contributed by atoms with Gasteiger partial charge in [-0.05, 0) is 41.7 Å². The summed E-state index contributed by atoms with van der Waals surface area (Å²) in [6.45, 7) is 2.24. The predicted octanol–water partition coefficient (Wildman–Crippen LogP) is 5.09. The summed E-state index contributed by atoms with van der Waals surface area (Å²) in [5.41, 5.74) is 3.94. The predicted molar refractivity (Wildman–Crippen MR) is 81.7 cm³/mol. The van der Waals surface area contributed by atoms with Crippen molar-refractivity contribution in [2.75, 3.05) is 7.11 Å². The maximum atomic E-state index is 5.18. The summed E-state index contributed by atoms with van der Waals surface area (Å²) in [7, 11) is 1.69. The standard InChI is InChI=1S/C18H22O/c1-3-4-5-6-15-7-9-16(10-8-15)17-11-13-18(19-2)14-12-17/h7-14H,3-6H2,1-2H3. The lowest BCUT2D eigenvalue weighted by Gasteiger charge is -2.06. The van der Waals surface area contributed by atoms with Crippen LogP contribution in [0.15, 0.2) is 48.5 Å². The van der Waals surface area contributed by atoms with E-state index >= 15 is 0 Å². The highest BCUT2D eigenvalue weighted by molar-refractivity contribution is 5.64. The first kappa shape index (κ1) is 13.7. The molecule has 0 aliphatic heterocycles. The third-order valence-corrected chi connectivity index (χ3v) is 3.45. The Morgan fingerprint density at radius 2 is 1.37 bits per heavy atom. The van der Waals surface area contributed by atoms with Gasteiger partial charge in [0.05, 0.1) is 7.11 Å². The zero-order valence-electron chi connectivity index (χ0n) is 11.9. The van der Waals surface area contributed by atoms with Crippen molar-refractivity contribution in [1.82, 2.24) is 0 Å². The van der Waals surface area contributed by atoms with E-state index in [0.29, 0.717) is 0 Å². The third kappa shape index (κ3) is 3.85. The average Bonchev–Trinajstić information content (AvgIpc) is 2.48. The van der Waals surface area contributed by atoms with Crippen molar-refractivity contribution in [1.29, 1.82) is 0 Å². The van der Waals surface area contributed by atoms with Gasteiger partial charge < -0.3 is 4.74 Å². The van der Waals surface area contributed by atoms with Crippen LogP contribution in [0.2, 0.25) is 0 Å². The molecule has 0 heterocycles. The summed E-state index contributed by atoms with van der Waals surface area (Å²) < 4.78 is 5.18. The summed E-state index contributed by atoms with van der Waals surface area (Å²) >= 11 is 0. The van der Waals surface area contributed by atoms with Gasteiger partial charge in [0, 0.05) is 0 Å². The van der Waals surface area contributed by atoms with Crippen LogP contribution in [0.4, 0.5) is 0 Å². The van der Waals surface area contributed by atoms with Crippen LogP contribution >= 0.6 is 0 Å². The molecule has 0 aromatic heterocycles. The van der Waals surface area contributed by atoms with Gasteiger partial charge in [0.2, 0.25) is 0 Å². The molecule has 0 unspecified atom stereocenters. The fourth-order valence-corrected chi connectivity index (χ4v) is 2.23. The highest BCUT2D eigenvalue weighted by atomic mass is 16.5. The second-order valence-electron chi connectivity index (χ2n) is 4.88. The lowest BCUT2D eigenvalue weighted by molar-refractivity contribution is 0.415. The van der Waals surface area contributed by atoms with Crippen LogP contribution in [0.3, 0.4) is 0 Å². The average molecular weight is 254 g/mol. The molecule has 0 spiro atoms. The quantitative estimate of drug-likeness (QED) is 0.652. The van der Waals surface area contributed by atoms with Crippen molar-refractivity contribution in [2.24, 2.45) is 0 Å². The Hall–Kier alpha value is -1.76. The van der Waals surface area contributed by atoms with E-state index in [9.17, 15) is 0 Å². The van der Waals surface area contributed by atoms with Gasteiger partial charge in [0.1, 0.15) is 5.75 Å². The maximum absolute atomic E-state index is 5.18. The highest BCUT2D eigenvalue weighted by Crippen LogP contribution is 2.23. The molecule has 0 atom stereocenters. The molecule has 2 aromatic carbocycles. The molecule has 2 rings (SSSR count). The van der Waals surface area contributed by atoms with E-state index in [1.54, 1.807) is 7.11 Å². The topological polar surface area (TPSA) is 9.23 Å². The molecule has 0 radical (unpaired) electrons. The minimum Gasteiger partial charge on any atom is -0.497 e. The van der Waals surface area contributed by atoms with E-state index in [2.05, 4.69) is 43.3 Å². The smallest absolute Gasteiger partial charge is 0.118 e. The van der Waals surface area contributed by atoms with E-state index in [0.717, 1.165) is 5.75 Å². The Labute approximate surface area is 116 Å². The van der Waals surface area contributed by atoms with Crippen molar-refractivity contribution >= 4 is 0 Å². The van der Waals surface area contributed by atoms with Crippen molar-refractivity contribution in [3.63, 3.8) is 0 Å². The zero-order valence-corrected chi connectivity index (χ0v) is 11.9. The van der Waals surface area contributed by atoms with Crippen LogP contribution in [0.25, 0.3) is 11.1 Å². The molecular weight excluding hydrogens is 232 g/mol. The van der Waals surface area contributed by atoms with Gasteiger partial charge in [-0.15, -0.1) is 0 Å². The fourth-order valence-electron chi connectivity index (χ4n) is 2.23. The van der Waals surface area contributed by atoms with Crippen LogP contribution in [-0.2, 0) is 6.42 Å². The summed E-state index contributed by atoms with van der Waals surface area (Å²) in [6.07, 6.45) is 5.08. The molecule has 1 heteroatoms. The second-order valence-corrected chi connectivity index (χ2v) is 4.88. The molecule has 0 aliphatic carbocycles. The van der Waals surface area contributed by atoms with Crippen molar-refractivity contribution in [3.05, 3.63) is 54.1 Å². The Morgan fingerprint density at radius 1 is 0.789 bits per heavy atom. The molecule has 19 heavy (non-hydrogen) atoms. The number of benzene rings is 2. The van der Waals surface area contributed by atoms with Gasteiger partial charge in [-0.2, -0.15) is 0 Å². The molecule has 0 saturated heterocycles. The van der Waals surface area contributed by atoms with Crippen LogP contribution in [0, 0.1) is 0 Å². The number of ether oxygens (including phenoxy) is 1. The number of aryl methyl sites for hydroxylation is 1. The van der Waals surface area contributed by atoms with E-state index in [-0.39, 0.29) is 0 Å². The second kappa shape index (κ2) is 6.98. The molecule has 0 amide bonds. The monoisotopic (exact) mass is 254 g/mol. The summed E-state index contributed by atoms with van der Waals surface area (Å²) in [5, 5.41) is 0. The summed E-state index contributed by atoms with van der Waals surface area (Å²) in [5.74, 6) is 0.903. The Balaban J connectivity index is 2.04. The van der Waals surface area contributed by atoms with Crippen LogP contribution in [0.1, 0.15) is 31.7 Å². The van der Waals surface area contributed by atoms with E-state index in [4.69, 9.17) is 4.74 Å². The fraction of sp³-hybridized carbons (Fsp3) is 0.333. The number of hydrogen-bond donors (Lipinski definition) is 0. The first-order valence-corrected chi connectivity index (χ1v) is 7.07. The Morgan fingerprint density at radius 3 is 1.89 bits per heavy atom. The molecule has 0 fully saturated rings. The molecular formula is C18H22O. The van der Waals surface area contributed by atoms with Crippen molar-refractivity contribution in [2.45, 2.75) is 32.6 Å². The first-order chi connectivity index (χ1) is 9.33. The molecule has 100 valence electrons. The lowest BCUT2D eigenvalue weighted by atomic mass is 10.0. The van der Waals surface area contributed by atoms with Gasteiger partial charge in [-0.25, -0.2) is 0 Å². The molecule has 1 nitrogen and oxygen atoms in total. The first-order valence-electron chi connectivity index (χ1n) is 7.07. The van der Waals surface area contributed by atoms with E-state index in [1.165, 1.54) is 42.4 Å². The van der Waals surface area contributed by atoms with E-state index < -0.39 is 0 Å². The number of rotatable bonds is 6. The van der Waals surface area contributed by atoms with E-state index in [1.807, 2.05) is 12.1 Å². The highest BCUT2D eigenvalue weighted by Gasteiger charge is 1.99. The zero-order chi connectivity index (χ0) is 13.5. The van der Waals surface area contributed by atoms with Gasteiger partial charge in [0.25, 0.3) is 0 Å². The SMILES string of the molecule is CCCCCc1ccc(-c2ccc(OC)cc2)cc1. The molecule has 0 saturated carbocycles. The number of methoxy groups -OCH3 is 1.